The van der Waals surface area contributed by atoms with Gasteiger partial charge in [0.25, 0.3) is 0 Å². The van der Waals surface area contributed by atoms with E-state index in [1.165, 1.54) is 0 Å². The summed E-state index contributed by atoms with van der Waals surface area (Å²) in [7, 11) is 1.67. The van der Waals surface area contributed by atoms with Crippen LogP contribution in [0, 0.1) is 0 Å². The van der Waals surface area contributed by atoms with Crippen LogP contribution in [-0.2, 0) is 9.53 Å². The Kier molecular flexibility index (Phi) is 6.49. The van der Waals surface area contributed by atoms with Crippen molar-refractivity contribution in [3.05, 3.63) is 0 Å². The van der Waals surface area contributed by atoms with Crippen LogP contribution in [0.3, 0.4) is 0 Å². The molecular formula is C10H22N2O2. The molecular weight excluding hydrogens is 180 g/mol. The number of ether oxygens (including phenoxy) is 1. The molecule has 4 heteroatoms. The van der Waals surface area contributed by atoms with Crippen molar-refractivity contribution in [3.63, 3.8) is 0 Å². The SMILES string of the molecule is CCNC(=O)C(C)NC(C)C(C)OC. The van der Waals surface area contributed by atoms with E-state index in [2.05, 4.69) is 10.6 Å². The molecule has 0 fully saturated rings. The van der Waals surface area contributed by atoms with E-state index in [1.54, 1.807) is 7.11 Å². The van der Waals surface area contributed by atoms with E-state index in [0.29, 0.717) is 6.54 Å². The quantitative estimate of drug-likeness (QED) is 0.660. The average Bonchev–Trinajstić information content (AvgIpc) is 2.16. The molecule has 0 saturated carbocycles. The number of methoxy groups -OCH3 is 1. The molecule has 0 aliphatic heterocycles. The lowest BCUT2D eigenvalue weighted by atomic mass is 10.2. The number of nitrogens with one attached hydrogen (secondary N) is 2. The van der Waals surface area contributed by atoms with Gasteiger partial charge in [0.1, 0.15) is 0 Å². The van der Waals surface area contributed by atoms with Crippen LogP contribution in [0.2, 0.25) is 0 Å². The molecule has 3 atom stereocenters. The van der Waals surface area contributed by atoms with E-state index in [1.807, 2.05) is 27.7 Å². The maximum atomic E-state index is 11.4. The second-order valence-electron chi connectivity index (χ2n) is 3.51. The van der Waals surface area contributed by atoms with Gasteiger partial charge in [0.15, 0.2) is 0 Å². The minimum Gasteiger partial charge on any atom is -0.380 e. The van der Waals surface area contributed by atoms with Crippen molar-refractivity contribution >= 4 is 5.91 Å². The number of carbonyl (C=O) groups excluding carboxylic acids is 1. The van der Waals surface area contributed by atoms with Gasteiger partial charge in [0, 0.05) is 19.7 Å². The van der Waals surface area contributed by atoms with E-state index in [0.717, 1.165) is 0 Å². The fraction of sp³-hybridized carbons (Fsp3) is 0.900. The van der Waals surface area contributed by atoms with Gasteiger partial charge in [-0.05, 0) is 27.7 Å². The normalized spacial score (nSPS) is 17.2. The number of carbonyl (C=O) groups is 1. The molecule has 0 aromatic rings. The molecule has 0 heterocycles. The lowest BCUT2D eigenvalue weighted by molar-refractivity contribution is -0.123. The lowest BCUT2D eigenvalue weighted by Crippen LogP contribution is -2.49. The minimum atomic E-state index is -0.178. The molecule has 14 heavy (non-hydrogen) atoms. The van der Waals surface area contributed by atoms with Crippen molar-refractivity contribution in [1.29, 1.82) is 0 Å². The number of likely N-dealkylation sites (N-methyl/N-ethyl adjacent to an activating group) is 1. The molecule has 0 rings (SSSR count). The highest BCUT2D eigenvalue weighted by atomic mass is 16.5. The second-order valence-corrected chi connectivity index (χ2v) is 3.51. The average molecular weight is 202 g/mol. The lowest BCUT2D eigenvalue weighted by Gasteiger charge is -2.23. The monoisotopic (exact) mass is 202 g/mol. The molecule has 0 bridgehead atoms. The van der Waals surface area contributed by atoms with Crippen LogP contribution in [-0.4, -0.2) is 37.7 Å². The summed E-state index contributed by atoms with van der Waals surface area (Å²) in [6.45, 7) is 8.40. The highest BCUT2D eigenvalue weighted by Gasteiger charge is 2.17. The van der Waals surface area contributed by atoms with Crippen LogP contribution in [0.4, 0.5) is 0 Å². The standard InChI is InChI=1S/C10H22N2O2/c1-6-11-10(13)8(3)12-7(2)9(4)14-5/h7-9,12H,6H2,1-5H3,(H,11,13). The van der Waals surface area contributed by atoms with Gasteiger partial charge in [0.05, 0.1) is 12.1 Å². The van der Waals surface area contributed by atoms with Gasteiger partial charge in [-0.1, -0.05) is 0 Å². The van der Waals surface area contributed by atoms with Crippen LogP contribution < -0.4 is 10.6 Å². The zero-order valence-corrected chi connectivity index (χ0v) is 9.76. The van der Waals surface area contributed by atoms with Crippen molar-refractivity contribution in [2.24, 2.45) is 0 Å². The summed E-state index contributed by atoms with van der Waals surface area (Å²) in [4.78, 5) is 11.4. The molecule has 3 unspecified atom stereocenters. The minimum absolute atomic E-state index is 0.0302. The first-order valence-electron chi connectivity index (χ1n) is 5.09. The number of hydrogen-bond acceptors (Lipinski definition) is 3. The highest BCUT2D eigenvalue weighted by molar-refractivity contribution is 5.81. The predicted molar refractivity (Wildman–Crippen MR) is 57.2 cm³/mol. The van der Waals surface area contributed by atoms with Gasteiger partial charge in [-0.3, -0.25) is 4.79 Å². The molecule has 4 nitrogen and oxygen atoms in total. The Balaban J connectivity index is 3.92. The number of hydrogen-bond donors (Lipinski definition) is 2. The van der Waals surface area contributed by atoms with Gasteiger partial charge < -0.3 is 15.4 Å². The van der Waals surface area contributed by atoms with E-state index in [9.17, 15) is 4.79 Å². The third kappa shape index (κ3) is 4.58. The van der Waals surface area contributed by atoms with Gasteiger partial charge in [-0.25, -0.2) is 0 Å². The van der Waals surface area contributed by atoms with Crippen LogP contribution in [0.25, 0.3) is 0 Å². The first-order chi connectivity index (χ1) is 6.52. The van der Waals surface area contributed by atoms with Crippen LogP contribution in [0.5, 0.6) is 0 Å². The summed E-state index contributed by atoms with van der Waals surface area (Å²) in [5.74, 6) is 0.0302. The zero-order valence-electron chi connectivity index (χ0n) is 9.76. The van der Waals surface area contributed by atoms with E-state index in [-0.39, 0.29) is 24.1 Å². The Morgan fingerprint density at radius 3 is 2.36 bits per heavy atom. The molecule has 0 aliphatic carbocycles. The van der Waals surface area contributed by atoms with Crippen molar-refractivity contribution in [3.8, 4) is 0 Å². The third-order valence-electron chi connectivity index (χ3n) is 2.33. The Morgan fingerprint density at radius 1 is 1.36 bits per heavy atom. The first kappa shape index (κ1) is 13.4. The first-order valence-corrected chi connectivity index (χ1v) is 5.09. The van der Waals surface area contributed by atoms with Gasteiger partial charge >= 0.3 is 0 Å². The van der Waals surface area contributed by atoms with Crippen LogP contribution in [0.15, 0.2) is 0 Å². The predicted octanol–water partition coefficient (Wildman–Crippen LogP) is 0.524. The zero-order chi connectivity index (χ0) is 11.1. The van der Waals surface area contributed by atoms with Gasteiger partial charge in [0.2, 0.25) is 5.91 Å². The summed E-state index contributed by atoms with van der Waals surface area (Å²) >= 11 is 0. The summed E-state index contributed by atoms with van der Waals surface area (Å²) in [6, 6.07) is -0.0137. The fourth-order valence-corrected chi connectivity index (χ4v) is 1.14. The molecule has 0 aliphatic rings. The topological polar surface area (TPSA) is 50.4 Å². The maximum Gasteiger partial charge on any atom is 0.236 e. The second kappa shape index (κ2) is 6.79. The maximum absolute atomic E-state index is 11.4. The van der Waals surface area contributed by atoms with Crippen molar-refractivity contribution in [1.82, 2.24) is 10.6 Å². The van der Waals surface area contributed by atoms with Gasteiger partial charge in [-0.2, -0.15) is 0 Å². The smallest absolute Gasteiger partial charge is 0.236 e. The molecule has 0 saturated heterocycles. The Bertz CT molecular complexity index is 174. The molecule has 1 amide bonds. The molecule has 2 N–H and O–H groups in total. The van der Waals surface area contributed by atoms with E-state index < -0.39 is 0 Å². The molecule has 0 aromatic carbocycles. The van der Waals surface area contributed by atoms with Crippen molar-refractivity contribution < 1.29 is 9.53 Å². The van der Waals surface area contributed by atoms with Crippen molar-refractivity contribution in [2.45, 2.75) is 45.9 Å². The van der Waals surface area contributed by atoms with Crippen LogP contribution >= 0.6 is 0 Å². The highest BCUT2D eigenvalue weighted by Crippen LogP contribution is 1.97. The van der Waals surface area contributed by atoms with Crippen LogP contribution in [0.1, 0.15) is 27.7 Å². The largest absolute Gasteiger partial charge is 0.380 e. The summed E-state index contributed by atoms with van der Waals surface area (Å²) in [6.07, 6.45) is 0.104. The summed E-state index contributed by atoms with van der Waals surface area (Å²) < 4.78 is 5.16. The summed E-state index contributed by atoms with van der Waals surface area (Å²) in [5, 5.41) is 5.94. The summed E-state index contributed by atoms with van der Waals surface area (Å²) in [5.41, 5.74) is 0. The van der Waals surface area contributed by atoms with E-state index >= 15 is 0 Å². The number of rotatable bonds is 6. The van der Waals surface area contributed by atoms with Crippen molar-refractivity contribution in [2.75, 3.05) is 13.7 Å². The molecule has 0 aromatic heterocycles. The molecule has 84 valence electrons. The Labute approximate surface area is 86.4 Å². The number of amides is 1. The molecule has 0 spiro atoms. The Morgan fingerprint density at radius 2 is 1.93 bits per heavy atom. The fourth-order valence-electron chi connectivity index (χ4n) is 1.14. The third-order valence-corrected chi connectivity index (χ3v) is 2.33. The Hall–Kier alpha value is -0.610. The van der Waals surface area contributed by atoms with E-state index in [4.69, 9.17) is 4.74 Å². The molecule has 0 radical (unpaired) electrons. The van der Waals surface area contributed by atoms with Gasteiger partial charge in [-0.15, -0.1) is 0 Å².